The van der Waals surface area contributed by atoms with Gasteiger partial charge in [0.1, 0.15) is 0 Å². The predicted octanol–water partition coefficient (Wildman–Crippen LogP) is 3.03. The number of Topliss-reactive ketones (excluding diaryl/α,β-unsaturated/α-hetero) is 1. The summed E-state index contributed by atoms with van der Waals surface area (Å²) < 4.78 is -0.366. The van der Waals surface area contributed by atoms with Gasteiger partial charge in [-0.15, -0.1) is 0 Å². The number of carbonyl (C=O) groups excluding carboxylic acids is 1. The molecule has 0 bridgehead atoms. The molecule has 1 nitrogen and oxygen atoms in total. The molecule has 0 spiro atoms. The summed E-state index contributed by atoms with van der Waals surface area (Å²) in [4.78, 5) is 12.2. The molecule has 0 N–H and O–H groups in total. The van der Waals surface area contributed by atoms with Gasteiger partial charge in [-0.1, -0.05) is 0 Å². The summed E-state index contributed by atoms with van der Waals surface area (Å²) in [6, 6.07) is 18.5. The molecular weight excluding hydrogens is 334 g/mol. The van der Waals surface area contributed by atoms with Gasteiger partial charge in [0.25, 0.3) is 0 Å². The van der Waals surface area contributed by atoms with Crippen LogP contribution in [0.5, 0.6) is 0 Å². The van der Waals surface area contributed by atoms with E-state index in [4.69, 9.17) is 23.2 Å². The zero-order chi connectivity index (χ0) is 13.0. The predicted molar refractivity (Wildman–Crippen MR) is 77.0 cm³/mol. The number of carbonyl (C=O) groups is 1. The van der Waals surface area contributed by atoms with Crippen LogP contribution in [-0.4, -0.2) is 24.0 Å². The van der Waals surface area contributed by atoms with E-state index in [0.29, 0.717) is 5.56 Å². The quantitative estimate of drug-likeness (QED) is 0.473. The third-order valence-corrected chi connectivity index (χ3v) is 5.43. The summed E-state index contributed by atoms with van der Waals surface area (Å²) in [5, 5.41) is 0. The summed E-state index contributed by atoms with van der Waals surface area (Å²) in [5.41, 5.74) is 0.542. The molecule has 0 unspecified atom stereocenters. The van der Waals surface area contributed by atoms with Crippen LogP contribution in [0.25, 0.3) is 0 Å². The van der Waals surface area contributed by atoms with Crippen molar-refractivity contribution in [3.8, 4) is 0 Å². The van der Waals surface area contributed by atoms with E-state index in [1.54, 1.807) is 24.3 Å². The van der Waals surface area contributed by atoms with Gasteiger partial charge < -0.3 is 0 Å². The topological polar surface area (TPSA) is 17.1 Å². The van der Waals surface area contributed by atoms with Gasteiger partial charge in [0.05, 0.1) is 0 Å². The number of benzene rings is 2. The second-order valence-corrected chi connectivity index (χ2v) is 8.67. The maximum absolute atomic E-state index is 12.2. The van der Waals surface area contributed by atoms with Crippen LogP contribution in [0.15, 0.2) is 60.7 Å². The van der Waals surface area contributed by atoms with Crippen LogP contribution in [0.1, 0.15) is 10.4 Å². The Bertz CT molecular complexity index is 526. The monoisotopic (exact) mass is 344 g/mol. The first-order valence-electron chi connectivity index (χ1n) is 5.31. The fourth-order valence-electron chi connectivity index (χ4n) is 1.44. The zero-order valence-corrected chi connectivity index (χ0v) is 12.6. The minimum absolute atomic E-state index is 0.240. The molecule has 2 aromatic rings. The molecule has 0 atom stereocenters. The molecule has 0 saturated heterocycles. The van der Waals surface area contributed by atoms with E-state index in [1.807, 2.05) is 36.4 Å². The van der Waals surface area contributed by atoms with Gasteiger partial charge in [0, 0.05) is 0 Å². The van der Waals surface area contributed by atoms with Gasteiger partial charge in [-0.25, -0.2) is 0 Å². The van der Waals surface area contributed by atoms with Crippen molar-refractivity contribution in [3.63, 3.8) is 0 Å². The number of hydrogen-bond acceptors (Lipinski definition) is 1. The van der Waals surface area contributed by atoms with Crippen molar-refractivity contribution >= 4 is 48.4 Å². The van der Waals surface area contributed by atoms with Gasteiger partial charge in [0.15, 0.2) is 0 Å². The SMILES string of the molecule is O=C(c1ccccc1)C(Cl)(Cl)[Se]c1ccccc1. The summed E-state index contributed by atoms with van der Waals surface area (Å²) in [7, 11) is 0. The molecule has 0 fully saturated rings. The summed E-state index contributed by atoms with van der Waals surface area (Å²) in [6.07, 6.45) is 0. The van der Waals surface area contributed by atoms with E-state index >= 15 is 0 Å². The molecule has 0 aromatic heterocycles. The molecule has 2 aromatic carbocycles. The molecular formula is C14H10Cl2OSe. The normalized spacial score (nSPS) is 11.2. The van der Waals surface area contributed by atoms with Crippen LogP contribution >= 0.6 is 23.2 Å². The Morgan fingerprint density at radius 2 is 1.39 bits per heavy atom. The molecule has 0 heterocycles. The molecule has 92 valence electrons. The van der Waals surface area contributed by atoms with E-state index in [0.717, 1.165) is 4.46 Å². The standard InChI is InChI=1S/C14H10Cl2OSe/c15-14(16,18-12-9-5-2-6-10-12)13(17)11-7-3-1-4-8-11/h1-10H. The van der Waals surface area contributed by atoms with Gasteiger partial charge >= 0.3 is 123 Å². The first kappa shape index (κ1) is 13.6. The van der Waals surface area contributed by atoms with E-state index in [-0.39, 0.29) is 20.7 Å². The van der Waals surface area contributed by atoms with Crippen molar-refractivity contribution in [2.45, 2.75) is 3.23 Å². The van der Waals surface area contributed by atoms with Gasteiger partial charge in [0.2, 0.25) is 0 Å². The number of halogens is 2. The van der Waals surface area contributed by atoms with Crippen LogP contribution in [0.2, 0.25) is 0 Å². The fraction of sp³-hybridized carbons (Fsp3) is 0.0714. The molecule has 0 aliphatic heterocycles. The molecule has 0 aliphatic rings. The molecule has 0 radical (unpaired) electrons. The van der Waals surface area contributed by atoms with Crippen molar-refractivity contribution in [2.75, 3.05) is 0 Å². The zero-order valence-electron chi connectivity index (χ0n) is 9.35. The second kappa shape index (κ2) is 5.90. The van der Waals surface area contributed by atoms with Gasteiger partial charge in [-0.05, 0) is 0 Å². The molecule has 0 saturated carbocycles. The first-order valence-corrected chi connectivity index (χ1v) is 7.78. The molecule has 18 heavy (non-hydrogen) atoms. The Morgan fingerprint density at radius 3 is 1.94 bits per heavy atom. The van der Waals surface area contributed by atoms with Crippen molar-refractivity contribution in [1.29, 1.82) is 0 Å². The number of ketones is 1. The Labute approximate surface area is 122 Å². The van der Waals surface area contributed by atoms with E-state index in [2.05, 4.69) is 0 Å². The van der Waals surface area contributed by atoms with Crippen molar-refractivity contribution < 1.29 is 4.79 Å². The van der Waals surface area contributed by atoms with E-state index in [9.17, 15) is 4.79 Å². The minimum atomic E-state index is -1.37. The summed E-state index contributed by atoms with van der Waals surface area (Å²) >= 11 is 12.1. The van der Waals surface area contributed by atoms with E-state index < -0.39 is 3.23 Å². The van der Waals surface area contributed by atoms with Crippen LogP contribution in [-0.2, 0) is 0 Å². The molecule has 0 amide bonds. The Morgan fingerprint density at radius 1 is 0.889 bits per heavy atom. The second-order valence-electron chi connectivity index (χ2n) is 3.63. The Kier molecular flexibility index (Phi) is 4.47. The average Bonchev–Trinajstić information content (AvgIpc) is 2.39. The molecule has 4 heteroatoms. The van der Waals surface area contributed by atoms with Crippen LogP contribution in [0, 0.1) is 0 Å². The van der Waals surface area contributed by atoms with Gasteiger partial charge in [-0.3, -0.25) is 0 Å². The summed E-state index contributed by atoms with van der Waals surface area (Å²) in [5.74, 6) is -0.240. The van der Waals surface area contributed by atoms with Crippen molar-refractivity contribution in [2.24, 2.45) is 0 Å². The van der Waals surface area contributed by atoms with Crippen LogP contribution < -0.4 is 4.46 Å². The van der Waals surface area contributed by atoms with Crippen LogP contribution in [0.3, 0.4) is 0 Å². The number of alkyl halides is 2. The first-order chi connectivity index (χ1) is 8.59. The Hall–Kier alpha value is -0.791. The number of hydrogen-bond donors (Lipinski definition) is 0. The average molecular weight is 344 g/mol. The Balaban J connectivity index is 2.19. The molecule has 2 rings (SSSR count). The third-order valence-electron chi connectivity index (χ3n) is 2.29. The van der Waals surface area contributed by atoms with Gasteiger partial charge in [-0.2, -0.15) is 0 Å². The van der Waals surface area contributed by atoms with E-state index in [1.165, 1.54) is 0 Å². The maximum atomic E-state index is 12.2. The van der Waals surface area contributed by atoms with Crippen LogP contribution in [0.4, 0.5) is 0 Å². The van der Waals surface area contributed by atoms with Crippen molar-refractivity contribution in [3.05, 3.63) is 66.2 Å². The molecule has 0 aliphatic carbocycles. The number of rotatable bonds is 4. The summed E-state index contributed by atoms with van der Waals surface area (Å²) in [6.45, 7) is 0. The van der Waals surface area contributed by atoms with Crippen molar-refractivity contribution in [1.82, 2.24) is 0 Å². The fourth-order valence-corrected chi connectivity index (χ4v) is 4.26. The third kappa shape index (κ3) is 3.36.